The number of likely N-dealkylation sites (tertiary alicyclic amines) is 1. The zero-order valence-electron chi connectivity index (χ0n) is 19.3. The van der Waals surface area contributed by atoms with E-state index >= 15 is 0 Å². The molecule has 4 unspecified atom stereocenters. The third-order valence-corrected chi connectivity index (χ3v) is 7.54. The number of rotatable bonds is 7. The van der Waals surface area contributed by atoms with Gasteiger partial charge in [0.25, 0.3) is 0 Å². The van der Waals surface area contributed by atoms with E-state index in [2.05, 4.69) is 33.1 Å². The molecular formula is C25H32IN5O3. The summed E-state index contributed by atoms with van der Waals surface area (Å²) in [7, 11) is 1.69. The molecular weight excluding hydrogens is 545 g/mol. The summed E-state index contributed by atoms with van der Waals surface area (Å²) < 4.78 is 0. The van der Waals surface area contributed by atoms with Gasteiger partial charge in [-0.05, 0) is 48.8 Å². The Morgan fingerprint density at radius 1 is 1.09 bits per heavy atom. The van der Waals surface area contributed by atoms with Gasteiger partial charge in [-0.2, -0.15) is 0 Å². The van der Waals surface area contributed by atoms with Gasteiger partial charge in [0.15, 0.2) is 5.96 Å². The van der Waals surface area contributed by atoms with Crippen molar-refractivity contribution in [1.29, 1.82) is 0 Å². The standard InChI is InChI=1S/C25H31N5O3.HI/c1-26-25(28-14-15-4-2-7-19(12-15)29-22(31)16-5-3-6-16)27-10-11-30-23(32)20-17-8-9-18(13-17)21(20)24(30)33;/h2,4,7-9,12,16-18,20-21H,3,5-6,10-11,13-14H2,1H3,(H,29,31)(H2,26,27,28);1H. The average molecular weight is 577 g/mol. The number of anilines is 1. The minimum Gasteiger partial charge on any atom is -0.355 e. The van der Waals surface area contributed by atoms with Gasteiger partial charge in [0.05, 0.1) is 11.8 Å². The molecule has 3 aliphatic carbocycles. The van der Waals surface area contributed by atoms with Crippen LogP contribution in [0.4, 0.5) is 5.69 Å². The van der Waals surface area contributed by atoms with Crippen LogP contribution >= 0.6 is 24.0 Å². The highest BCUT2D eigenvalue weighted by atomic mass is 127. The summed E-state index contributed by atoms with van der Waals surface area (Å²) in [6, 6.07) is 7.77. The fourth-order valence-corrected chi connectivity index (χ4v) is 5.55. The SMILES string of the molecule is CN=C(NCCN1C(=O)C2C3C=CC(C3)C2C1=O)NCc1cccc(NC(=O)C2CCC2)c1.I. The van der Waals surface area contributed by atoms with Crippen LogP contribution in [0.1, 0.15) is 31.2 Å². The van der Waals surface area contributed by atoms with E-state index in [1.165, 1.54) is 4.90 Å². The molecule has 8 nitrogen and oxygen atoms in total. The van der Waals surface area contributed by atoms with Crippen LogP contribution in [0.5, 0.6) is 0 Å². The number of amides is 3. The third-order valence-electron chi connectivity index (χ3n) is 7.54. The Bertz CT molecular complexity index is 992. The number of aliphatic imine (C=N–C) groups is 1. The maximum Gasteiger partial charge on any atom is 0.233 e. The van der Waals surface area contributed by atoms with Gasteiger partial charge in [0.2, 0.25) is 17.7 Å². The number of hydrogen-bond donors (Lipinski definition) is 3. The molecule has 1 saturated heterocycles. The highest BCUT2D eigenvalue weighted by molar-refractivity contribution is 14.0. The van der Waals surface area contributed by atoms with Gasteiger partial charge in [-0.3, -0.25) is 24.3 Å². The molecule has 3 fully saturated rings. The van der Waals surface area contributed by atoms with E-state index < -0.39 is 0 Å². The van der Waals surface area contributed by atoms with E-state index in [-0.39, 0.29) is 71.3 Å². The van der Waals surface area contributed by atoms with Crippen molar-refractivity contribution in [2.75, 3.05) is 25.5 Å². The van der Waals surface area contributed by atoms with Crippen LogP contribution in [0.25, 0.3) is 0 Å². The van der Waals surface area contributed by atoms with Gasteiger partial charge in [-0.15, -0.1) is 24.0 Å². The van der Waals surface area contributed by atoms with Crippen LogP contribution in [-0.4, -0.2) is 48.7 Å². The highest BCUT2D eigenvalue weighted by Crippen LogP contribution is 2.52. The van der Waals surface area contributed by atoms with E-state index in [9.17, 15) is 14.4 Å². The average Bonchev–Trinajstić information content (AvgIpc) is 3.44. The predicted octanol–water partition coefficient (Wildman–Crippen LogP) is 2.52. The van der Waals surface area contributed by atoms with Gasteiger partial charge in [0.1, 0.15) is 0 Å². The first-order valence-corrected chi connectivity index (χ1v) is 11.9. The van der Waals surface area contributed by atoms with Gasteiger partial charge in [-0.25, -0.2) is 0 Å². The first-order chi connectivity index (χ1) is 16.0. The summed E-state index contributed by atoms with van der Waals surface area (Å²) in [6.45, 7) is 1.32. The number of imide groups is 1. The molecule has 1 aromatic carbocycles. The van der Waals surface area contributed by atoms with Crippen LogP contribution in [-0.2, 0) is 20.9 Å². The van der Waals surface area contributed by atoms with E-state index in [0.717, 1.165) is 36.9 Å². The smallest absolute Gasteiger partial charge is 0.233 e. The lowest BCUT2D eigenvalue weighted by Gasteiger charge is -2.24. The zero-order valence-corrected chi connectivity index (χ0v) is 21.7. The molecule has 5 rings (SSSR count). The van der Waals surface area contributed by atoms with Gasteiger partial charge in [-0.1, -0.05) is 30.7 Å². The molecule has 1 aromatic rings. The Labute approximate surface area is 217 Å². The Hall–Kier alpha value is -2.43. The maximum atomic E-state index is 12.8. The second kappa shape index (κ2) is 10.5. The number of halogens is 1. The van der Waals surface area contributed by atoms with Crippen molar-refractivity contribution in [2.45, 2.75) is 32.2 Å². The van der Waals surface area contributed by atoms with E-state index in [1.54, 1.807) is 7.05 Å². The van der Waals surface area contributed by atoms with Gasteiger partial charge < -0.3 is 16.0 Å². The molecule has 1 aliphatic heterocycles. The van der Waals surface area contributed by atoms with Crippen molar-refractivity contribution in [3.05, 3.63) is 42.0 Å². The third kappa shape index (κ3) is 4.71. The summed E-state index contributed by atoms with van der Waals surface area (Å²) in [4.78, 5) is 43.4. The van der Waals surface area contributed by atoms with Crippen molar-refractivity contribution >= 4 is 53.3 Å². The van der Waals surface area contributed by atoms with Crippen LogP contribution in [0.15, 0.2) is 41.4 Å². The molecule has 2 bridgehead atoms. The summed E-state index contributed by atoms with van der Waals surface area (Å²) in [5, 5.41) is 9.45. The fraction of sp³-hybridized carbons (Fsp3) is 0.520. The second-order valence-electron chi connectivity index (χ2n) is 9.50. The number of benzene rings is 1. The largest absolute Gasteiger partial charge is 0.355 e. The predicted molar refractivity (Wildman–Crippen MR) is 140 cm³/mol. The van der Waals surface area contributed by atoms with Crippen molar-refractivity contribution in [1.82, 2.24) is 15.5 Å². The van der Waals surface area contributed by atoms with Crippen LogP contribution in [0.2, 0.25) is 0 Å². The Morgan fingerprint density at radius 3 is 2.41 bits per heavy atom. The number of carbonyl (C=O) groups excluding carboxylic acids is 3. The fourth-order valence-electron chi connectivity index (χ4n) is 5.55. The first kappa shape index (κ1) is 24.7. The van der Waals surface area contributed by atoms with E-state index in [0.29, 0.717) is 25.6 Å². The monoisotopic (exact) mass is 577 g/mol. The number of nitrogens with zero attached hydrogens (tertiary/aromatic N) is 2. The molecule has 0 aromatic heterocycles. The molecule has 0 radical (unpaired) electrons. The number of guanidine groups is 1. The number of allylic oxidation sites excluding steroid dienone is 2. The minimum absolute atomic E-state index is 0. The lowest BCUT2D eigenvalue weighted by atomic mass is 9.85. The van der Waals surface area contributed by atoms with E-state index in [4.69, 9.17) is 0 Å². The zero-order chi connectivity index (χ0) is 22.9. The molecule has 3 amide bonds. The molecule has 1 heterocycles. The van der Waals surface area contributed by atoms with Crippen LogP contribution in [0, 0.1) is 29.6 Å². The molecule has 182 valence electrons. The summed E-state index contributed by atoms with van der Waals surface area (Å²) >= 11 is 0. The Morgan fingerprint density at radius 2 is 1.79 bits per heavy atom. The van der Waals surface area contributed by atoms with Gasteiger partial charge >= 0.3 is 0 Å². The van der Waals surface area contributed by atoms with Crippen LogP contribution < -0.4 is 16.0 Å². The van der Waals surface area contributed by atoms with Crippen molar-refractivity contribution < 1.29 is 14.4 Å². The molecule has 4 atom stereocenters. The molecule has 0 spiro atoms. The molecule has 3 N–H and O–H groups in total. The molecule has 9 heteroatoms. The number of carbonyl (C=O) groups is 3. The van der Waals surface area contributed by atoms with Crippen molar-refractivity contribution in [2.24, 2.45) is 34.6 Å². The lowest BCUT2D eigenvalue weighted by molar-refractivity contribution is -0.140. The van der Waals surface area contributed by atoms with Crippen LogP contribution in [0.3, 0.4) is 0 Å². The van der Waals surface area contributed by atoms with Gasteiger partial charge in [0, 0.05) is 38.3 Å². The number of nitrogens with one attached hydrogen (secondary N) is 3. The van der Waals surface area contributed by atoms with Crippen molar-refractivity contribution in [3.63, 3.8) is 0 Å². The number of hydrogen-bond acceptors (Lipinski definition) is 4. The maximum absolute atomic E-state index is 12.8. The number of fused-ring (bicyclic) bond motifs is 5. The summed E-state index contributed by atoms with van der Waals surface area (Å²) in [5.74, 6) is 0.970. The topological polar surface area (TPSA) is 103 Å². The van der Waals surface area contributed by atoms with E-state index in [1.807, 2.05) is 24.3 Å². The second-order valence-corrected chi connectivity index (χ2v) is 9.50. The Kier molecular flexibility index (Phi) is 7.59. The molecule has 34 heavy (non-hydrogen) atoms. The summed E-state index contributed by atoms with van der Waals surface area (Å²) in [5.41, 5.74) is 1.82. The lowest BCUT2D eigenvalue weighted by Crippen LogP contribution is -2.43. The summed E-state index contributed by atoms with van der Waals surface area (Å²) in [6.07, 6.45) is 8.25. The first-order valence-electron chi connectivity index (χ1n) is 11.9. The van der Waals surface area contributed by atoms with Crippen molar-refractivity contribution in [3.8, 4) is 0 Å². The molecule has 4 aliphatic rings. The Balaban J connectivity index is 0.00000274. The molecule has 2 saturated carbocycles. The normalized spacial score (nSPS) is 27.3. The minimum atomic E-state index is -0.151. The highest BCUT2D eigenvalue weighted by Gasteiger charge is 2.58. The quantitative estimate of drug-likeness (QED) is 0.152.